The number of hydrogen-bond acceptors (Lipinski definition) is 1. The first-order valence-corrected chi connectivity index (χ1v) is 10.0. The van der Waals surface area contributed by atoms with Crippen LogP contribution in [0.2, 0.25) is 0 Å². The Morgan fingerprint density at radius 2 is 1.48 bits per heavy atom. The van der Waals surface area contributed by atoms with Crippen LogP contribution in [0.5, 0.6) is 5.75 Å². The minimum atomic E-state index is 0.820. The first-order valence-electron chi connectivity index (χ1n) is 10.0. The molecule has 130 valence electrons. The lowest BCUT2D eigenvalue weighted by Gasteiger charge is -2.28. The molecule has 1 aliphatic rings. The van der Waals surface area contributed by atoms with Gasteiger partial charge in [0, 0.05) is 0 Å². The molecule has 1 aliphatic carbocycles. The monoisotopic (exact) mass is 316 g/mol. The Hall–Kier alpha value is -0.980. The maximum atomic E-state index is 5.66. The van der Waals surface area contributed by atoms with Crippen LogP contribution in [-0.2, 0) is 6.42 Å². The molecule has 0 amide bonds. The van der Waals surface area contributed by atoms with E-state index in [0.717, 1.165) is 30.6 Å². The van der Waals surface area contributed by atoms with Crippen LogP contribution < -0.4 is 4.74 Å². The van der Waals surface area contributed by atoms with Crippen molar-refractivity contribution in [3.8, 4) is 5.75 Å². The highest BCUT2D eigenvalue weighted by Gasteiger charge is 2.20. The van der Waals surface area contributed by atoms with E-state index in [-0.39, 0.29) is 0 Å². The van der Waals surface area contributed by atoms with Gasteiger partial charge in [-0.15, -0.1) is 0 Å². The summed E-state index contributed by atoms with van der Waals surface area (Å²) in [7, 11) is 0. The second kappa shape index (κ2) is 10.7. The van der Waals surface area contributed by atoms with Crippen molar-refractivity contribution in [2.45, 2.75) is 84.5 Å². The summed E-state index contributed by atoms with van der Waals surface area (Å²) in [5.41, 5.74) is 1.47. The molecule has 0 atom stereocenters. The van der Waals surface area contributed by atoms with E-state index in [0.29, 0.717) is 0 Å². The van der Waals surface area contributed by atoms with Crippen LogP contribution in [0.25, 0.3) is 0 Å². The Morgan fingerprint density at radius 3 is 2.09 bits per heavy atom. The fourth-order valence-electron chi connectivity index (χ4n) is 3.83. The lowest BCUT2D eigenvalue weighted by Crippen LogP contribution is -2.15. The maximum absolute atomic E-state index is 5.66. The largest absolute Gasteiger partial charge is 0.494 e. The topological polar surface area (TPSA) is 9.23 Å². The van der Waals surface area contributed by atoms with E-state index in [1.807, 2.05) is 0 Å². The Balaban J connectivity index is 1.63. The molecule has 0 aliphatic heterocycles. The summed E-state index contributed by atoms with van der Waals surface area (Å²) in [6.45, 7) is 5.27. The first kappa shape index (κ1) is 18.4. The smallest absolute Gasteiger partial charge is 0.119 e. The predicted octanol–water partition coefficient (Wildman–Crippen LogP) is 6.79. The van der Waals surface area contributed by atoms with Crippen LogP contribution in [0.4, 0.5) is 0 Å². The van der Waals surface area contributed by atoms with Crippen LogP contribution in [0.3, 0.4) is 0 Å². The molecule has 0 radical (unpaired) electrons. The second-order valence-corrected chi connectivity index (χ2v) is 7.41. The highest BCUT2D eigenvalue weighted by Crippen LogP contribution is 2.34. The van der Waals surface area contributed by atoms with Gasteiger partial charge < -0.3 is 4.74 Å². The van der Waals surface area contributed by atoms with Crippen LogP contribution in [0, 0.1) is 11.8 Å². The molecule has 1 saturated carbocycles. The summed E-state index contributed by atoms with van der Waals surface area (Å²) in [6.07, 6.45) is 15.3. The zero-order valence-corrected chi connectivity index (χ0v) is 15.4. The van der Waals surface area contributed by atoms with E-state index in [1.54, 1.807) is 0 Å². The minimum Gasteiger partial charge on any atom is -0.494 e. The number of aryl methyl sites for hydroxylation is 1. The van der Waals surface area contributed by atoms with E-state index in [1.165, 1.54) is 69.8 Å². The van der Waals surface area contributed by atoms with Crippen molar-refractivity contribution < 1.29 is 4.74 Å². The van der Waals surface area contributed by atoms with E-state index in [9.17, 15) is 0 Å². The van der Waals surface area contributed by atoms with Gasteiger partial charge in [0.1, 0.15) is 5.75 Å². The van der Waals surface area contributed by atoms with Crippen molar-refractivity contribution in [1.82, 2.24) is 0 Å². The second-order valence-electron chi connectivity index (χ2n) is 7.41. The summed E-state index contributed by atoms with van der Waals surface area (Å²) in [6, 6.07) is 8.77. The van der Waals surface area contributed by atoms with E-state index in [2.05, 4.69) is 38.1 Å². The number of rotatable bonds is 10. The van der Waals surface area contributed by atoms with Gasteiger partial charge in [-0.2, -0.15) is 0 Å². The SMILES string of the molecule is CCCCCC1CCC(CCc2ccc(OCCC)cc2)CC1. The van der Waals surface area contributed by atoms with Crippen LogP contribution in [0.15, 0.2) is 24.3 Å². The summed E-state index contributed by atoms with van der Waals surface area (Å²) in [4.78, 5) is 0. The molecule has 0 N–H and O–H groups in total. The van der Waals surface area contributed by atoms with Gasteiger partial charge in [0.25, 0.3) is 0 Å². The molecular weight excluding hydrogens is 280 g/mol. The standard InChI is InChI=1S/C22H36O/c1-3-5-6-7-19-8-10-20(11-9-19)12-13-21-14-16-22(17-15-21)23-18-4-2/h14-17,19-20H,3-13,18H2,1-2H3. The highest BCUT2D eigenvalue weighted by molar-refractivity contribution is 5.27. The quantitative estimate of drug-likeness (QED) is 0.431. The number of unbranched alkanes of at least 4 members (excludes halogenated alkanes) is 2. The summed E-state index contributed by atoms with van der Waals surface area (Å²) < 4.78 is 5.66. The summed E-state index contributed by atoms with van der Waals surface area (Å²) in [5, 5.41) is 0. The van der Waals surface area contributed by atoms with E-state index < -0.39 is 0 Å². The van der Waals surface area contributed by atoms with Gasteiger partial charge in [0.2, 0.25) is 0 Å². The van der Waals surface area contributed by atoms with Crippen molar-refractivity contribution in [2.75, 3.05) is 6.61 Å². The van der Waals surface area contributed by atoms with Gasteiger partial charge in [0.05, 0.1) is 6.61 Å². The summed E-state index contributed by atoms with van der Waals surface area (Å²) >= 11 is 0. The number of ether oxygens (including phenoxy) is 1. The fourth-order valence-corrected chi connectivity index (χ4v) is 3.83. The van der Waals surface area contributed by atoms with E-state index >= 15 is 0 Å². The average Bonchev–Trinajstić information content (AvgIpc) is 2.60. The lowest BCUT2D eigenvalue weighted by atomic mass is 9.78. The van der Waals surface area contributed by atoms with Crippen molar-refractivity contribution in [3.05, 3.63) is 29.8 Å². The normalized spacial score (nSPS) is 21.3. The summed E-state index contributed by atoms with van der Waals surface area (Å²) in [5.74, 6) is 3.02. The molecule has 1 nitrogen and oxygen atoms in total. The first-order chi connectivity index (χ1) is 11.3. The van der Waals surface area contributed by atoms with Crippen LogP contribution in [0.1, 0.15) is 83.6 Å². The molecule has 0 heterocycles. The predicted molar refractivity (Wildman–Crippen MR) is 100 cm³/mol. The molecule has 0 aromatic heterocycles. The molecule has 2 rings (SSSR count). The van der Waals surface area contributed by atoms with Gasteiger partial charge >= 0.3 is 0 Å². The average molecular weight is 317 g/mol. The van der Waals surface area contributed by atoms with Gasteiger partial charge in [-0.05, 0) is 48.8 Å². The Labute approximate surface area is 143 Å². The highest BCUT2D eigenvalue weighted by atomic mass is 16.5. The fraction of sp³-hybridized carbons (Fsp3) is 0.727. The molecule has 0 bridgehead atoms. The van der Waals surface area contributed by atoms with Gasteiger partial charge in [-0.25, -0.2) is 0 Å². The Kier molecular flexibility index (Phi) is 8.57. The molecule has 1 aromatic carbocycles. The van der Waals surface area contributed by atoms with Crippen LogP contribution >= 0.6 is 0 Å². The van der Waals surface area contributed by atoms with Crippen molar-refractivity contribution in [3.63, 3.8) is 0 Å². The zero-order chi connectivity index (χ0) is 16.3. The third-order valence-electron chi connectivity index (χ3n) is 5.42. The zero-order valence-electron chi connectivity index (χ0n) is 15.4. The molecular formula is C22H36O. The molecule has 23 heavy (non-hydrogen) atoms. The molecule has 0 spiro atoms. The molecule has 1 heteroatoms. The molecule has 1 aromatic rings. The Morgan fingerprint density at radius 1 is 0.826 bits per heavy atom. The minimum absolute atomic E-state index is 0.820. The molecule has 1 fully saturated rings. The Bertz CT molecular complexity index is 400. The molecule has 0 saturated heterocycles. The van der Waals surface area contributed by atoms with E-state index in [4.69, 9.17) is 4.74 Å². The maximum Gasteiger partial charge on any atom is 0.119 e. The van der Waals surface area contributed by atoms with Crippen molar-refractivity contribution in [2.24, 2.45) is 11.8 Å². The lowest BCUT2D eigenvalue weighted by molar-refractivity contribution is 0.249. The van der Waals surface area contributed by atoms with Gasteiger partial charge in [-0.3, -0.25) is 0 Å². The number of hydrogen-bond donors (Lipinski definition) is 0. The van der Waals surface area contributed by atoms with Crippen LogP contribution in [-0.4, -0.2) is 6.61 Å². The van der Waals surface area contributed by atoms with Crippen molar-refractivity contribution >= 4 is 0 Å². The number of benzene rings is 1. The van der Waals surface area contributed by atoms with Gasteiger partial charge in [0.15, 0.2) is 0 Å². The third kappa shape index (κ3) is 6.97. The van der Waals surface area contributed by atoms with Crippen molar-refractivity contribution in [1.29, 1.82) is 0 Å². The van der Waals surface area contributed by atoms with Gasteiger partial charge in [-0.1, -0.05) is 77.3 Å². The molecule has 0 unspecified atom stereocenters. The third-order valence-corrected chi connectivity index (χ3v) is 5.42.